The van der Waals surface area contributed by atoms with E-state index in [4.69, 9.17) is 0 Å². The Labute approximate surface area is 159 Å². The van der Waals surface area contributed by atoms with Gasteiger partial charge in [-0.25, -0.2) is 9.97 Å². The molecule has 1 aliphatic heterocycles. The number of benzene rings is 1. The van der Waals surface area contributed by atoms with E-state index in [2.05, 4.69) is 20.9 Å². The Balaban J connectivity index is 1.27. The van der Waals surface area contributed by atoms with E-state index in [1.807, 2.05) is 17.0 Å². The molecule has 0 spiro atoms. The summed E-state index contributed by atoms with van der Waals surface area (Å²) in [4.78, 5) is 37.4. The molecule has 0 unspecified atom stereocenters. The second-order valence-corrected chi connectivity index (χ2v) is 7.18. The van der Waals surface area contributed by atoms with E-state index in [0.717, 1.165) is 18.4 Å². The van der Waals surface area contributed by atoms with E-state index in [1.165, 1.54) is 17.5 Å². The van der Waals surface area contributed by atoms with Gasteiger partial charge in [-0.05, 0) is 42.5 Å². The molecule has 1 fully saturated rings. The van der Waals surface area contributed by atoms with Gasteiger partial charge in [0.1, 0.15) is 0 Å². The first-order chi connectivity index (χ1) is 13.2. The van der Waals surface area contributed by atoms with Gasteiger partial charge in [-0.1, -0.05) is 12.1 Å². The largest absolute Gasteiger partial charge is 0.339 e. The lowest BCUT2D eigenvalue weighted by atomic mass is 10.0. The van der Waals surface area contributed by atoms with E-state index in [9.17, 15) is 9.59 Å². The summed E-state index contributed by atoms with van der Waals surface area (Å²) in [6.07, 6.45) is 7.35. The van der Waals surface area contributed by atoms with Gasteiger partial charge in [-0.2, -0.15) is 0 Å². The van der Waals surface area contributed by atoms with Gasteiger partial charge in [0.05, 0.1) is 0 Å². The lowest BCUT2D eigenvalue weighted by molar-refractivity contribution is -0.131. The van der Waals surface area contributed by atoms with Crippen LogP contribution in [0.25, 0.3) is 0 Å². The second-order valence-electron chi connectivity index (χ2n) is 7.18. The standard InChI is InChI=1S/C21H24N4O2/c26-19(18-6-5-16-3-1-4-17(16)15-18)7-8-20(27)24-11-13-25(14-12-24)21-22-9-2-10-23-21/h2,5-6,9-10,15H,1,3-4,7-8,11-14H2. The van der Waals surface area contributed by atoms with Crippen LogP contribution in [0.15, 0.2) is 36.7 Å². The minimum absolute atomic E-state index is 0.0538. The average molecular weight is 364 g/mol. The van der Waals surface area contributed by atoms with Crippen LogP contribution < -0.4 is 4.90 Å². The Morgan fingerprint density at radius 1 is 0.926 bits per heavy atom. The van der Waals surface area contributed by atoms with Crippen molar-refractivity contribution in [2.75, 3.05) is 31.1 Å². The maximum atomic E-state index is 12.5. The van der Waals surface area contributed by atoms with Crippen molar-refractivity contribution < 1.29 is 9.59 Å². The molecule has 2 aromatic rings. The van der Waals surface area contributed by atoms with E-state index in [1.54, 1.807) is 18.5 Å². The van der Waals surface area contributed by atoms with Crippen LogP contribution in [0.3, 0.4) is 0 Å². The maximum Gasteiger partial charge on any atom is 0.225 e. The van der Waals surface area contributed by atoms with Crippen molar-refractivity contribution in [3.8, 4) is 0 Å². The topological polar surface area (TPSA) is 66.4 Å². The fourth-order valence-electron chi connectivity index (χ4n) is 3.88. The van der Waals surface area contributed by atoms with Gasteiger partial charge in [0.2, 0.25) is 11.9 Å². The molecule has 1 saturated heterocycles. The lowest BCUT2D eigenvalue weighted by Crippen LogP contribution is -2.49. The number of Topliss-reactive ketones (excluding diaryl/α,β-unsaturated/α-hetero) is 1. The highest BCUT2D eigenvalue weighted by Gasteiger charge is 2.23. The van der Waals surface area contributed by atoms with Gasteiger partial charge in [0.15, 0.2) is 5.78 Å². The van der Waals surface area contributed by atoms with Gasteiger partial charge in [-0.3, -0.25) is 9.59 Å². The summed E-state index contributed by atoms with van der Waals surface area (Å²) in [5.74, 6) is 0.823. The highest BCUT2D eigenvalue weighted by Crippen LogP contribution is 2.23. The maximum absolute atomic E-state index is 12.5. The van der Waals surface area contributed by atoms with Crippen molar-refractivity contribution >= 4 is 17.6 Å². The zero-order chi connectivity index (χ0) is 18.6. The minimum atomic E-state index is 0.0538. The summed E-state index contributed by atoms with van der Waals surface area (Å²) in [6.45, 7) is 2.72. The van der Waals surface area contributed by atoms with Gasteiger partial charge in [0.25, 0.3) is 0 Å². The molecule has 2 aliphatic rings. The number of amides is 1. The average Bonchev–Trinajstić information content (AvgIpc) is 3.20. The molecular formula is C21H24N4O2. The molecule has 1 aromatic carbocycles. The second kappa shape index (κ2) is 7.86. The molecular weight excluding hydrogens is 340 g/mol. The summed E-state index contributed by atoms with van der Waals surface area (Å²) in [5.41, 5.74) is 3.41. The molecule has 140 valence electrons. The van der Waals surface area contributed by atoms with Crippen LogP contribution >= 0.6 is 0 Å². The number of piperazine rings is 1. The number of nitrogens with zero attached hydrogens (tertiary/aromatic N) is 4. The zero-order valence-corrected chi connectivity index (χ0v) is 15.4. The first kappa shape index (κ1) is 17.6. The van der Waals surface area contributed by atoms with Crippen molar-refractivity contribution in [3.05, 3.63) is 53.3 Å². The molecule has 1 aromatic heterocycles. The number of anilines is 1. The molecule has 1 amide bonds. The summed E-state index contributed by atoms with van der Waals surface area (Å²) in [6, 6.07) is 7.80. The summed E-state index contributed by atoms with van der Waals surface area (Å²) in [5, 5.41) is 0. The monoisotopic (exact) mass is 364 g/mol. The lowest BCUT2D eigenvalue weighted by Gasteiger charge is -2.34. The smallest absolute Gasteiger partial charge is 0.225 e. The molecule has 6 heteroatoms. The fourth-order valence-corrected chi connectivity index (χ4v) is 3.88. The molecule has 0 radical (unpaired) electrons. The van der Waals surface area contributed by atoms with Crippen LogP contribution in [0.5, 0.6) is 0 Å². The quantitative estimate of drug-likeness (QED) is 0.762. The normalized spacial score (nSPS) is 16.3. The molecule has 2 heterocycles. The SMILES string of the molecule is O=C(CCC(=O)N1CCN(c2ncccn2)CC1)c1ccc2c(c1)CCC2. The Morgan fingerprint density at radius 3 is 2.44 bits per heavy atom. The third kappa shape index (κ3) is 3.99. The fraction of sp³-hybridized carbons (Fsp3) is 0.429. The van der Waals surface area contributed by atoms with E-state index < -0.39 is 0 Å². The zero-order valence-electron chi connectivity index (χ0n) is 15.4. The first-order valence-electron chi connectivity index (χ1n) is 9.65. The van der Waals surface area contributed by atoms with Crippen molar-refractivity contribution in [1.29, 1.82) is 0 Å². The number of carbonyl (C=O) groups excluding carboxylic acids is 2. The van der Waals surface area contributed by atoms with E-state index in [0.29, 0.717) is 32.1 Å². The molecule has 0 bridgehead atoms. The molecule has 6 nitrogen and oxygen atoms in total. The van der Waals surface area contributed by atoms with Crippen LogP contribution in [0.4, 0.5) is 5.95 Å². The van der Waals surface area contributed by atoms with Gasteiger partial charge < -0.3 is 9.80 Å². The molecule has 27 heavy (non-hydrogen) atoms. The molecule has 0 saturated carbocycles. The Kier molecular flexibility index (Phi) is 5.14. The molecule has 0 atom stereocenters. The summed E-state index contributed by atoms with van der Waals surface area (Å²) < 4.78 is 0. The first-order valence-corrected chi connectivity index (χ1v) is 9.65. The minimum Gasteiger partial charge on any atom is -0.339 e. The van der Waals surface area contributed by atoms with Gasteiger partial charge in [-0.15, -0.1) is 0 Å². The number of ketones is 1. The molecule has 0 N–H and O–H groups in total. The Morgan fingerprint density at radius 2 is 1.67 bits per heavy atom. The number of hydrogen-bond acceptors (Lipinski definition) is 5. The number of aryl methyl sites for hydroxylation is 2. The molecule has 1 aliphatic carbocycles. The highest BCUT2D eigenvalue weighted by molar-refractivity contribution is 5.98. The summed E-state index contributed by atoms with van der Waals surface area (Å²) >= 11 is 0. The summed E-state index contributed by atoms with van der Waals surface area (Å²) in [7, 11) is 0. The van der Waals surface area contributed by atoms with Gasteiger partial charge >= 0.3 is 0 Å². The number of aromatic nitrogens is 2. The predicted octanol–water partition coefficient (Wildman–Crippen LogP) is 2.28. The Bertz CT molecular complexity index is 829. The Hall–Kier alpha value is -2.76. The van der Waals surface area contributed by atoms with Gasteiger partial charge in [0, 0.05) is 57.0 Å². The highest BCUT2D eigenvalue weighted by atomic mass is 16.2. The van der Waals surface area contributed by atoms with Crippen LogP contribution in [0.2, 0.25) is 0 Å². The third-order valence-corrected chi connectivity index (χ3v) is 5.45. The van der Waals surface area contributed by atoms with E-state index >= 15 is 0 Å². The van der Waals surface area contributed by atoms with Crippen molar-refractivity contribution in [1.82, 2.24) is 14.9 Å². The number of rotatable bonds is 5. The van der Waals surface area contributed by atoms with Crippen LogP contribution in [-0.2, 0) is 17.6 Å². The van der Waals surface area contributed by atoms with Crippen LogP contribution in [0.1, 0.15) is 40.7 Å². The van der Waals surface area contributed by atoms with E-state index in [-0.39, 0.29) is 24.5 Å². The van der Waals surface area contributed by atoms with Crippen molar-refractivity contribution in [2.24, 2.45) is 0 Å². The predicted molar refractivity (Wildman–Crippen MR) is 103 cm³/mol. The number of hydrogen-bond donors (Lipinski definition) is 0. The molecule has 4 rings (SSSR count). The third-order valence-electron chi connectivity index (χ3n) is 5.45. The van der Waals surface area contributed by atoms with Crippen LogP contribution in [0, 0.1) is 0 Å². The number of fused-ring (bicyclic) bond motifs is 1. The van der Waals surface area contributed by atoms with Crippen molar-refractivity contribution in [3.63, 3.8) is 0 Å². The van der Waals surface area contributed by atoms with Crippen molar-refractivity contribution in [2.45, 2.75) is 32.1 Å². The number of carbonyl (C=O) groups is 2. The van der Waals surface area contributed by atoms with Crippen LogP contribution in [-0.4, -0.2) is 52.7 Å².